The van der Waals surface area contributed by atoms with Gasteiger partial charge in [0.1, 0.15) is 0 Å². The van der Waals surface area contributed by atoms with E-state index in [1.165, 1.54) is 0 Å². The molecule has 0 radical (unpaired) electrons. The minimum Gasteiger partial charge on any atom is -0.380 e. The molecular weight excluding hydrogens is 180 g/mol. The van der Waals surface area contributed by atoms with Gasteiger partial charge in [-0.15, -0.1) is 0 Å². The minimum absolute atomic E-state index is 0.0867. The zero-order valence-electron chi connectivity index (χ0n) is 9.17. The van der Waals surface area contributed by atoms with Crippen LogP contribution in [-0.4, -0.2) is 38.8 Å². The Morgan fingerprint density at radius 3 is 2.86 bits per heavy atom. The highest BCUT2D eigenvalue weighted by atomic mass is 16.5. The van der Waals surface area contributed by atoms with Gasteiger partial charge in [-0.3, -0.25) is 4.79 Å². The predicted molar refractivity (Wildman–Crippen MR) is 55.0 cm³/mol. The van der Waals surface area contributed by atoms with E-state index in [0.717, 1.165) is 13.1 Å². The van der Waals surface area contributed by atoms with Gasteiger partial charge in [-0.1, -0.05) is 6.92 Å². The predicted octanol–water partition coefficient (Wildman–Crippen LogP) is -0.00700. The summed E-state index contributed by atoms with van der Waals surface area (Å²) in [5.41, 5.74) is 0. The van der Waals surface area contributed by atoms with Crippen LogP contribution in [0, 0.1) is 11.8 Å². The molecule has 1 aliphatic rings. The van der Waals surface area contributed by atoms with Gasteiger partial charge < -0.3 is 15.4 Å². The van der Waals surface area contributed by atoms with Crippen LogP contribution in [-0.2, 0) is 9.53 Å². The van der Waals surface area contributed by atoms with Gasteiger partial charge in [0.2, 0.25) is 5.91 Å². The van der Waals surface area contributed by atoms with Crippen LogP contribution in [0.5, 0.6) is 0 Å². The van der Waals surface area contributed by atoms with E-state index in [4.69, 9.17) is 4.74 Å². The number of carbonyl (C=O) groups excluding carboxylic acids is 1. The first-order valence-corrected chi connectivity index (χ1v) is 5.16. The third kappa shape index (κ3) is 2.96. The second kappa shape index (κ2) is 5.32. The highest BCUT2D eigenvalue weighted by Gasteiger charge is 2.29. The van der Waals surface area contributed by atoms with Crippen LogP contribution in [0.4, 0.5) is 0 Å². The van der Waals surface area contributed by atoms with E-state index in [1.807, 2.05) is 6.92 Å². The molecule has 0 spiro atoms. The number of methoxy groups -OCH3 is 1. The van der Waals surface area contributed by atoms with Crippen molar-refractivity contribution < 1.29 is 9.53 Å². The smallest absolute Gasteiger partial charge is 0.224 e. The van der Waals surface area contributed by atoms with E-state index in [1.54, 1.807) is 7.11 Å². The zero-order valence-corrected chi connectivity index (χ0v) is 9.17. The fourth-order valence-corrected chi connectivity index (χ4v) is 1.62. The summed E-state index contributed by atoms with van der Waals surface area (Å²) in [5, 5.41) is 6.11. The molecule has 0 aromatic rings. The van der Waals surface area contributed by atoms with Crippen molar-refractivity contribution in [3.8, 4) is 0 Å². The summed E-state index contributed by atoms with van der Waals surface area (Å²) in [7, 11) is 1.65. The van der Waals surface area contributed by atoms with Gasteiger partial charge in [0, 0.05) is 20.2 Å². The summed E-state index contributed by atoms with van der Waals surface area (Å²) >= 11 is 0. The molecule has 14 heavy (non-hydrogen) atoms. The van der Waals surface area contributed by atoms with Crippen molar-refractivity contribution in [1.82, 2.24) is 10.6 Å². The molecule has 1 heterocycles. The number of carbonyl (C=O) groups is 1. The lowest BCUT2D eigenvalue weighted by Gasteiger charge is -2.16. The van der Waals surface area contributed by atoms with E-state index in [9.17, 15) is 4.79 Å². The van der Waals surface area contributed by atoms with Crippen molar-refractivity contribution in [2.24, 2.45) is 11.8 Å². The maximum Gasteiger partial charge on any atom is 0.224 e. The molecule has 0 aliphatic carbocycles. The fraction of sp³-hybridized carbons (Fsp3) is 0.900. The fourth-order valence-electron chi connectivity index (χ4n) is 1.62. The third-order valence-electron chi connectivity index (χ3n) is 2.82. The Bertz CT molecular complexity index is 197. The van der Waals surface area contributed by atoms with Crippen molar-refractivity contribution in [2.75, 3.05) is 26.7 Å². The standard InChI is InChI=1S/C10H20N2O2/c1-7-4-11-6-9(7)10(13)12-5-8(2)14-3/h7-9,11H,4-6H2,1-3H3,(H,12,13)/t7-,8?,9-/m1/s1. The number of ether oxygens (including phenoxy) is 1. The molecule has 0 bridgehead atoms. The molecule has 4 heteroatoms. The minimum atomic E-state index is 0.0867. The van der Waals surface area contributed by atoms with E-state index >= 15 is 0 Å². The average molecular weight is 200 g/mol. The molecule has 0 aromatic carbocycles. The second-order valence-electron chi connectivity index (χ2n) is 4.03. The quantitative estimate of drug-likeness (QED) is 0.671. The number of hydrogen-bond acceptors (Lipinski definition) is 3. The Hall–Kier alpha value is -0.610. The molecule has 82 valence electrons. The first-order chi connectivity index (χ1) is 6.65. The maximum atomic E-state index is 11.7. The summed E-state index contributed by atoms with van der Waals surface area (Å²) in [4.78, 5) is 11.7. The highest BCUT2D eigenvalue weighted by molar-refractivity contribution is 5.79. The Kier molecular flexibility index (Phi) is 4.35. The van der Waals surface area contributed by atoms with Gasteiger partial charge in [-0.2, -0.15) is 0 Å². The Morgan fingerprint density at radius 1 is 1.64 bits per heavy atom. The molecule has 1 saturated heterocycles. The molecular formula is C10H20N2O2. The third-order valence-corrected chi connectivity index (χ3v) is 2.82. The van der Waals surface area contributed by atoms with Crippen LogP contribution in [0.25, 0.3) is 0 Å². The molecule has 1 fully saturated rings. The molecule has 1 amide bonds. The summed E-state index contributed by atoms with van der Waals surface area (Å²) in [6.07, 6.45) is 0.0867. The van der Waals surface area contributed by atoms with Gasteiger partial charge in [0.15, 0.2) is 0 Å². The first-order valence-electron chi connectivity index (χ1n) is 5.16. The molecule has 0 aromatic heterocycles. The van der Waals surface area contributed by atoms with Crippen molar-refractivity contribution in [3.05, 3.63) is 0 Å². The van der Waals surface area contributed by atoms with Gasteiger partial charge in [0.25, 0.3) is 0 Å². The zero-order chi connectivity index (χ0) is 10.6. The van der Waals surface area contributed by atoms with Crippen molar-refractivity contribution in [2.45, 2.75) is 20.0 Å². The van der Waals surface area contributed by atoms with Crippen molar-refractivity contribution in [1.29, 1.82) is 0 Å². The maximum absolute atomic E-state index is 11.7. The highest BCUT2D eigenvalue weighted by Crippen LogP contribution is 2.15. The van der Waals surface area contributed by atoms with E-state index in [-0.39, 0.29) is 17.9 Å². The van der Waals surface area contributed by atoms with Crippen LogP contribution < -0.4 is 10.6 Å². The van der Waals surface area contributed by atoms with E-state index < -0.39 is 0 Å². The number of nitrogens with one attached hydrogen (secondary N) is 2. The molecule has 2 N–H and O–H groups in total. The SMILES string of the molecule is COC(C)CNC(=O)[C@@H]1CNC[C@H]1C. The Labute approximate surface area is 85.4 Å². The monoisotopic (exact) mass is 200 g/mol. The van der Waals surface area contributed by atoms with Gasteiger partial charge >= 0.3 is 0 Å². The number of hydrogen-bond donors (Lipinski definition) is 2. The second-order valence-corrected chi connectivity index (χ2v) is 4.03. The van der Waals surface area contributed by atoms with Crippen LogP contribution >= 0.6 is 0 Å². The first kappa shape index (κ1) is 11.5. The molecule has 0 saturated carbocycles. The molecule has 4 nitrogen and oxygen atoms in total. The average Bonchev–Trinajstić information content (AvgIpc) is 2.60. The van der Waals surface area contributed by atoms with Crippen LogP contribution in [0.3, 0.4) is 0 Å². The molecule has 1 rings (SSSR count). The lowest BCUT2D eigenvalue weighted by Crippen LogP contribution is -2.38. The Morgan fingerprint density at radius 2 is 2.36 bits per heavy atom. The summed E-state index contributed by atoms with van der Waals surface area (Å²) in [6, 6.07) is 0. The molecule has 3 atom stereocenters. The van der Waals surface area contributed by atoms with Crippen molar-refractivity contribution >= 4 is 5.91 Å². The molecule has 1 aliphatic heterocycles. The topological polar surface area (TPSA) is 50.4 Å². The summed E-state index contributed by atoms with van der Waals surface area (Å²) in [6.45, 7) is 6.38. The normalized spacial score (nSPS) is 28.8. The van der Waals surface area contributed by atoms with E-state index in [0.29, 0.717) is 12.5 Å². The summed E-state index contributed by atoms with van der Waals surface area (Å²) in [5.74, 6) is 0.707. The van der Waals surface area contributed by atoms with E-state index in [2.05, 4.69) is 17.6 Å². The largest absolute Gasteiger partial charge is 0.380 e. The van der Waals surface area contributed by atoms with Crippen LogP contribution in [0.15, 0.2) is 0 Å². The van der Waals surface area contributed by atoms with Crippen LogP contribution in [0.2, 0.25) is 0 Å². The Balaban J connectivity index is 2.27. The van der Waals surface area contributed by atoms with Crippen LogP contribution in [0.1, 0.15) is 13.8 Å². The van der Waals surface area contributed by atoms with Gasteiger partial charge in [-0.25, -0.2) is 0 Å². The number of amides is 1. The lowest BCUT2D eigenvalue weighted by atomic mass is 9.97. The van der Waals surface area contributed by atoms with Gasteiger partial charge in [-0.05, 0) is 19.4 Å². The summed E-state index contributed by atoms with van der Waals surface area (Å²) < 4.78 is 5.06. The molecule has 1 unspecified atom stereocenters. The lowest BCUT2D eigenvalue weighted by molar-refractivity contribution is -0.125. The number of rotatable bonds is 4. The van der Waals surface area contributed by atoms with Gasteiger partial charge in [0.05, 0.1) is 12.0 Å². The van der Waals surface area contributed by atoms with Crippen molar-refractivity contribution in [3.63, 3.8) is 0 Å².